The standard InChI is InChI=1S/C27H31N3O3S2/c1-3-33-26(32)18-10-12-29(13-11-18)24-20(15-19-14-17(2)8-9-22(19)28-24)16-23-25(31)30(27(34)35-23)21-6-4-5-7-21/h8-9,14-16,18,21H,3-7,10-13H2,1-2H3/b23-16-. The van der Waals surface area contributed by atoms with E-state index >= 15 is 0 Å². The van der Waals surface area contributed by atoms with Crippen LogP contribution in [0.3, 0.4) is 0 Å². The number of amides is 1. The zero-order valence-electron chi connectivity index (χ0n) is 20.3. The van der Waals surface area contributed by atoms with Crippen LogP contribution in [-0.4, -0.2) is 51.8 Å². The second-order valence-corrected chi connectivity index (χ2v) is 11.3. The minimum absolute atomic E-state index is 0.0169. The van der Waals surface area contributed by atoms with Gasteiger partial charge in [0.15, 0.2) is 0 Å². The van der Waals surface area contributed by atoms with E-state index in [0.29, 0.717) is 15.8 Å². The summed E-state index contributed by atoms with van der Waals surface area (Å²) in [5, 5.41) is 1.05. The van der Waals surface area contributed by atoms with E-state index in [4.69, 9.17) is 21.9 Å². The number of esters is 1. The zero-order valence-corrected chi connectivity index (χ0v) is 21.9. The fraction of sp³-hybridized carbons (Fsp3) is 0.481. The smallest absolute Gasteiger partial charge is 0.309 e. The average Bonchev–Trinajstić information content (AvgIpc) is 3.46. The fourth-order valence-corrected chi connectivity index (χ4v) is 6.74. The summed E-state index contributed by atoms with van der Waals surface area (Å²) in [7, 11) is 0. The van der Waals surface area contributed by atoms with Crippen molar-refractivity contribution in [2.45, 2.75) is 58.4 Å². The predicted octanol–water partition coefficient (Wildman–Crippen LogP) is 5.47. The maximum absolute atomic E-state index is 13.4. The fourth-order valence-electron chi connectivity index (χ4n) is 5.35. The van der Waals surface area contributed by atoms with Crippen LogP contribution in [0.5, 0.6) is 0 Å². The number of thiocarbonyl (C=S) groups is 1. The molecule has 2 aliphatic heterocycles. The molecule has 1 amide bonds. The maximum Gasteiger partial charge on any atom is 0.309 e. The highest BCUT2D eigenvalue weighted by molar-refractivity contribution is 8.26. The number of ether oxygens (including phenoxy) is 1. The molecule has 1 aromatic carbocycles. The first-order valence-corrected chi connectivity index (χ1v) is 13.8. The van der Waals surface area contributed by atoms with Gasteiger partial charge in [-0.15, -0.1) is 0 Å². The molecule has 0 unspecified atom stereocenters. The lowest BCUT2D eigenvalue weighted by atomic mass is 9.96. The molecule has 1 aliphatic carbocycles. The van der Waals surface area contributed by atoms with E-state index in [2.05, 4.69) is 30.0 Å². The number of carbonyl (C=O) groups is 2. The van der Waals surface area contributed by atoms with Crippen LogP contribution >= 0.6 is 24.0 Å². The minimum Gasteiger partial charge on any atom is -0.466 e. The topological polar surface area (TPSA) is 62.7 Å². The second kappa shape index (κ2) is 10.3. The highest BCUT2D eigenvalue weighted by atomic mass is 32.2. The average molecular weight is 510 g/mol. The van der Waals surface area contributed by atoms with Crippen molar-refractivity contribution in [2.24, 2.45) is 5.92 Å². The number of piperidine rings is 1. The van der Waals surface area contributed by atoms with Crippen LogP contribution in [0.15, 0.2) is 29.2 Å². The number of pyridine rings is 1. The van der Waals surface area contributed by atoms with Crippen molar-refractivity contribution in [1.29, 1.82) is 0 Å². The van der Waals surface area contributed by atoms with Crippen molar-refractivity contribution in [3.63, 3.8) is 0 Å². The van der Waals surface area contributed by atoms with E-state index in [1.165, 1.54) is 17.3 Å². The molecule has 0 spiro atoms. The number of thioether (sulfide) groups is 1. The first-order valence-electron chi connectivity index (χ1n) is 12.5. The molecule has 2 saturated heterocycles. The van der Waals surface area contributed by atoms with Gasteiger partial charge in [-0.05, 0) is 63.8 Å². The molecule has 1 aromatic heterocycles. The molecule has 2 aromatic rings. The number of hydrogen-bond donors (Lipinski definition) is 0. The van der Waals surface area contributed by atoms with Crippen molar-refractivity contribution in [1.82, 2.24) is 9.88 Å². The molecule has 6 nitrogen and oxygen atoms in total. The van der Waals surface area contributed by atoms with Crippen molar-refractivity contribution in [3.05, 3.63) is 40.3 Å². The van der Waals surface area contributed by atoms with Gasteiger partial charge in [-0.3, -0.25) is 14.5 Å². The Morgan fingerprint density at radius 2 is 1.94 bits per heavy atom. The SMILES string of the molecule is CCOC(=O)C1CCN(c2nc3ccc(C)cc3cc2/C=C2\SC(=S)N(C3CCCC3)C2=O)CC1. The maximum atomic E-state index is 13.4. The summed E-state index contributed by atoms with van der Waals surface area (Å²) in [6.07, 6.45) is 7.79. The van der Waals surface area contributed by atoms with E-state index in [0.717, 1.165) is 73.9 Å². The third kappa shape index (κ3) is 4.96. The van der Waals surface area contributed by atoms with Gasteiger partial charge in [-0.1, -0.05) is 48.5 Å². The van der Waals surface area contributed by atoms with Crippen molar-refractivity contribution >= 4 is 63.0 Å². The van der Waals surface area contributed by atoms with Crippen LogP contribution in [0.4, 0.5) is 5.82 Å². The molecule has 3 heterocycles. The van der Waals surface area contributed by atoms with Crippen molar-refractivity contribution in [3.8, 4) is 0 Å². The van der Waals surface area contributed by atoms with Crippen LogP contribution in [0.25, 0.3) is 17.0 Å². The van der Waals surface area contributed by atoms with Gasteiger partial charge in [0.25, 0.3) is 5.91 Å². The molecule has 0 radical (unpaired) electrons. The Morgan fingerprint density at radius 1 is 1.20 bits per heavy atom. The number of aromatic nitrogens is 1. The first kappa shape index (κ1) is 24.3. The summed E-state index contributed by atoms with van der Waals surface area (Å²) in [5.74, 6) is 0.698. The van der Waals surface area contributed by atoms with Gasteiger partial charge in [0.05, 0.1) is 22.9 Å². The molecule has 35 heavy (non-hydrogen) atoms. The number of nitrogens with zero attached hydrogens (tertiary/aromatic N) is 3. The van der Waals surface area contributed by atoms with Gasteiger partial charge in [-0.2, -0.15) is 0 Å². The minimum atomic E-state index is -0.107. The van der Waals surface area contributed by atoms with E-state index in [1.807, 2.05) is 24.0 Å². The molecular weight excluding hydrogens is 478 g/mol. The monoisotopic (exact) mass is 509 g/mol. The highest BCUT2D eigenvalue weighted by Crippen LogP contribution is 2.39. The Hall–Kier alpha value is -2.45. The van der Waals surface area contributed by atoms with Gasteiger partial charge in [0.2, 0.25) is 0 Å². The normalized spacial score (nSPS) is 21.0. The van der Waals surface area contributed by atoms with E-state index < -0.39 is 0 Å². The van der Waals surface area contributed by atoms with Crippen LogP contribution in [-0.2, 0) is 14.3 Å². The Bertz CT molecular complexity index is 1200. The van der Waals surface area contributed by atoms with Crippen LogP contribution in [0, 0.1) is 12.8 Å². The Balaban J connectivity index is 1.47. The van der Waals surface area contributed by atoms with Crippen LogP contribution in [0.1, 0.15) is 56.6 Å². The third-order valence-electron chi connectivity index (χ3n) is 7.19. The molecule has 8 heteroatoms. The number of benzene rings is 1. The number of carbonyl (C=O) groups excluding carboxylic acids is 2. The zero-order chi connectivity index (χ0) is 24.5. The summed E-state index contributed by atoms with van der Waals surface area (Å²) in [6, 6.07) is 8.60. The largest absolute Gasteiger partial charge is 0.466 e. The molecule has 3 fully saturated rings. The molecule has 3 aliphatic rings. The first-order chi connectivity index (χ1) is 16.9. The van der Waals surface area contributed by atoms with Crippen molar-refractivity contribution < 1.29 is 14.3 Å². The van der Waals surface area contributed by atoms with E-state index in [-0.39, 0.29) is 23.8 Å². The van der Waals surface area contributed by atoms with E-state index in [1.54, 1.807) is 0 Å². The van der Waals surface area contributed by atoms with Crippen molar-refractivity contribution in [2.75, 3.05) is 24.6 Å². The Morgan fingerprint density at radius 3 is 2.66 bits per heavy atom. The summed E-state index contributed by atoms with van der Waals surface area (Å²) in [6.45, 7) is 5.76. The Kier molecular flexibility index (Phi) is 7.12. The third-order valence-corrected chi connectivity index (χ3v) is 8.52. The molecule has 0 bridgehead atoms. The molecule has 0 N–H and O–H groups in total. The van der Waals surface area contributed by atoms with Gasteiger partial charge in [0, 0.05) is 30.1 Å². The predicted molar refractivity (Wildman–Crippen MR) is 145 cm³/mol. The Labute approximate surface area is 216 Å². The molecule has 184 valence electrons. The lowest BCUT2D eigenvalue weighted by Gasteiger charge is -2.32. The number of hydrogen-bond acceptors (Lipinski definition) is 7. The summed E-state index contributed by atoms with van der Waals surface area (Å²) in [5.41, 5.74) is 3.01. The lowest BCUT2D eigenvalue weighted by Crippen LogP contribution is -2.38. The summed E-state index contributed by atoms with van der Waals surface area (Å²) < 4.78 is 5.90. The van der Waals surface area contributed by atoms with Crippen LogP contribution in [0.2, 0.25) is 0 Å². The number of rotatable bonds is 5. The number of aryl methyl sites for hydroxylation is 1. The molecule has 1 saturated carbocycles. The number of anilines is 1. The lowest BCUT2D eigenvalue weighted by molar-refractivity contribution is -0.148. The summed E-state index contributed by atoms with van der Waals surface area (Å²) in [4.78, 5) is 35.3. The highest BCUT2D eigenvalue weighted by Gasteiger charge is 2.38. The molecular formula is C27H31N3O3S2. The summed E-state index contributed by atoms with van der Waals surface area (Å²) >= 11 is 7.01. The second-order valence-electron chi connectivity index (χ2n) is 9.60. The molecule has 5 rings (SSSR count). The van der Waals surface area contributed by atoms with Gasteiger partial charge < -0.3 is 9.64 Å². The quantitative estimate of drug-likeness (QED) is 0.301. The van der Waals surface area contributed by atoms with Gasteiger partial charge in [0.1, 0.15) is 10.1 Å². The number of fused-ring (bicyclic) bond motifs is 1. The van der Waals surface area contributed by atoms with Gasteiger partial charge in [-0.25, -0.2) is 4.98 Å². The molecule has 0 atom stereocenters. The van der Waals surface area contributed by atoms with Crippen LogP contribution < -0.4 is 4.90 Å². The van der Waals surface area contributed by atoms with Gasteiger partial charge >= 0.3 is 5.97 Å². The van der Waals surface area contributed by atoms with E-state index in [9.17, 15) is 9.59 Å².